The van der Waals surface area contributed by atoms with Gasteiger partial charge in [-0.1, -0.05) is 32.9 Å². The van der Waals surface area contributed by atoms with Crippen molar-refractivity contribution in [3.05, 3.63) is 29.8 Å². The van der Waals surface area contributed by atoms with Crippen molar-refractivity contribution in [2.45, 2.75) is 81.5 Å². The van der Waals surface area contributed by atoms with E-state index in [1.165, 1.54) is 0 Å². The summed E-state index contributed by atoms with van der Waals surface area (Å²) in [5.74, 6) is 0. The molecule has 2 aliphatic heterocycles. The Bertz CT molecular complexity index is 895. The van der Waals surface area contributed by atoms with Crippen molar-refractivity contribution in [1.29, 1.82) is 0 Å². The van der Waals surface area contributed by atoms with Crippen molar-refractivity contribution in [1.82, 2.24) is 9.21 Å². The van der Waals surface area contributed by atoms with Crippen LogP contribution in [0.25, 0.3) is 0 Å². The van der Waals surface area contributed by atoms with Gasteiger partial charge in [0, 0.05) is 6.54 Å². The zero-order valence-corrected chi connectivity index (χ0v) is 17.6. The van der Waals surface area contributed by atoms with Crippen LogP contribution in [0.5, 0.6) is 0 Å². The molecule has 0 N–H and O–H groups in total. The first-order valence-corrected chi connectivity index (χ1v) is 10.9. The molecule has 2 heterocycles. The van der Waals surface area contributed by atoms with Gasteiger partial charge in [-0.2, -0.15) is 4.31 Å². The minimum atomic E-state index is -3.54. The molecule has 1 saturated carbocycles. The maximum absolute atomic E-state index is 13.1. The van der Waals surface area contributed by atoms with Gasteiger partial charge in [-0.15, -0.1) is 0 Å². The molecular weight excluding hydrogens is 364 g/mol. The van der Waals surface area contributed by atoms with E-state index in [4.69, 9.17) is 4.74 Å². The lowest BCUT2D eigenvalue weighted by molar-refractivity contribution is -0.0877. The van der Waals surface area contributed by atoms with Gasteiger partial charge in [0.25, 0.3) is 0 Å². The topological polar surface area (TPSA) is 66.9 Å². The fraction of sp³-hybridized carbons (Fsp3) is 0.650. The number of sulfonamides is 1. The molecule has 6 nitrogen and oxygen atoms in total. The number of hydrogen-bond acceptors (Lipinski definition) is 4. The highest BCUT2D eigenvalue weighted by molar-refractivity contribution is 7.89. The molecule has 4 rings (SSSR count). The first-order chi connectivity index (χ1) is 12.3. The Kier molecular flexibility index (Phi) is 3.65. The summed E-state index contributed by atoms with van der Waals surface area (Å²) in [5, 5.41) is 0. The minimum Gasteiger partial charge on any atom is -0.444 e. The summed E-state index contributed by atoms with van der Waals surface area (Å²) in [4.78, 5) is 14.4. The van der Waals surface area contributed by atoms with E-state index in [2.05, 4.69) is 20.8 Å². The average molecular weight is 393 g/mol. The molecule has 0 bridgehead atoms. The van der Waals surface area contributed by atoms with Gasteiger partial charge in [-0.3, -0.25) is 4.90 Å². The summed E-state index contributed by atoms with van der Waals surface area (Å²) in [5.41, 5.74) is 0.143. The smallest absolute Gasteiger partial charge is 0.410 e. The van der Waals surface area contributed by atoms with Crippen LogP contribution in [0, 0.1) is 0 Å². The number of carbonyl (C=O) groups excluding carboxylic acids is 1. The summed E-state index contributed by atoms with van der Waals surface area (Å²) >= 11 is 0. The lowest BCUT2D eigenvalue weighted by atomic mass is 9.87. The van der Waals surface area contributed by atoms with E-state index < -0.39 is 21.2 Å². The van der Waals surface area contributed by atoms with Crippen LogP contribution < -0.4 is 0 Å². The van der Waals surface area contributed by atoms with Gasteiger partial charge in [0.1, 0.15) is 5.60 Å². The normalized spacial score (nSPS) is 29.9. The van der Waals surface area contributed by atoms with Gasteiger partial charge in [-0.05, 0) is 50.3 Å². The third-order valence-electron chi connectivity index (χ3n) is 5.90. The molecule has 1 aliphatic carbocycles. The minimum absolute atomic E-state index is 0.0215. The highest BCUT2D eigenvalue weighted by atomic mass is 32.2. The van der Waals surface area contributed by atoms with Crippen LogP contribution in [0.2, 0.25) is 0 Å². The molecule has 0 aromatic heterocycles. The number of rotatable bonds is 2. The number of carbonyl (C=O) groups is 1. The monoisotopic (exact) mass is 392 g/mol. The Morgan fingerprint density at radius 3 is 2.15 bits per heavy atom. The maximum atomic E-state index is 13.1. The molecule has 3 atom stereocenters. The largest absolute Gasteiger partial charge is 0.444 e. The van der Waals surface area contributed by atoms with E-state index in [1.807, 2.05) is 32.9 Å². The van der Waals surface area contributed by atoms with Crippen LogP contribution in [0.1, 0.15) is 53.5 Å². The second kappa shape index (κ2) is 5.26. The summed E-state index contributed by atoms with van der Waals surface area (Å²) in [6.07, 6.45) is 0.369. The third kappa shape index (κ3) is 2.62. The first-order valence-electron chi connectivity index (χ1n) is 9.43. The quantitative estimate of drug-likeness (QED) is 0.776. The molecule has 1 spiro atoms. The Labute approximate surface area is 161 Å². The molecule has 3 unspecified atom stereocenters. The summed E-state index contributed by atoms with van der Waals surface area (Å²) in [7, 11) is -3.54. The molecule has 27 heavy (non-hydrogen) atoms. The van der Waals surface area contributed by atoms with Crippen molar-refractivity contribution in [2.75, 3.05) is 6.54 Å². The number of amides is 1. The van der Waals surface area contributed by atoms with E-state index in [9.17, 15) is 13.2 Å². The van der Waals surface area contributed by atoms with Crippen LogP contribution >= 0.6 is 0 Å². The number of nitrogens with zero attached hydrogens (tertiary/aromatic N) is 2. The third-order valence-corrected chi connectivity index (χ3v) is 7.84. The van der Waals surface area contributed by atoms with Crippen LogP contribution in [-0.4, -0.2) is 53.5 Å². The molecule has 2 saturated heterocycles. The second-order valence-corrected chi connectivity index (χ2v) is 11.8. The lowest BCUT2D eigenvalue weighted by Crippen LogP contribution is -2.81. The van der Waals surface area contributed by atoms with Crippen LogP contribution in [0.4, 0.5) is 4.79 Å². The SMILES string of the molecule is CC(C)(C)OC(=O)N1C2CN(S(=O)(=O)c3ccc(C(C)(C)C)cc3)C23CC13. The number of ether oxygens (including phenoxy) is 1. The fourth-order valence-corrected chi connectivity index (χ4v) is 6.20. The van der Waals surface area contributed by atoms with Gasteiger partial charge in [0.2, 0.25) is 10.0 Å². The molecule has 1 amide bonds. The summed E-state index contributed by atoms with van der Waals surface area (Å²) < 4.78 is 33.2. The van der Waals surface area contributed by atoms with Crippen LogP contribution in [-0.2, 0) is 20.2 Å². The van der Waals surface area contributed by atoms with Crippen LogP contribution in [0.15, 0.2) is 29.2 Å². The number of likely N-dealkylation sites (tertiary alicyclic amines) is 1. The van der Waals surface area contributed by atoms with E-state index in [-0.39, 0.29) is 23.6 Å². The highest BCUT2D eigenvalue weighted by Gasteiger charge is 2.85. The Balaban J connectivity index is 1.49. The predicted octanol–water partition coefficient (Wildman–Crippen LogP) is 3.12. The zero-order valence-electron chi connectivity index (χ0n) is 16.8. The molecule has 1 aromatic rings. The van der Waals surface area contributed by atoms with E-state index in [0.717, 1.165) is 5.56 Å². The maximum Gasteiger partial charge on any atom is 0.410 e. The standard InChI is InChI=1S/C20H28N2O4S/c1-18(2,3)13-7-9-14(10-8-13)27(24,25)21-12-16-20(21)11-15(20)22(16)17(23)26-19(4,5)6/h7-10,15-16H,11-12H2,1-6H3. The van der Waals surface area contributed by atoms with Crippen molar-refractivity contribution in [3.8, 4) is 0 Å². The molecular formula is C20H28N2O4S. The number of benzene rings is 1. The molecule has 3 fully saturated rings. The van der Waals surface area contributed by atoms with Gasteiger partial charge in [0.15, 0.2) is 0 Å². The predicted molar refractivity (Wildman–Crippen MR) is 102 cm³/mol. The molecule has 0 radical (unpaired) electrons. The second-order valence-electron chi connectivity index (χ2n) is 9.93. The van der Waals surface area contributed by atoms with E-state index in [0.29, 0.717) is 17.9 Å². The average Bonchev–Trinajstić information content (AvgIpc) is 3.22. The summed E-state index contributed by atoms with van der Waals surface area (Å²) in [6.45, 7) is 12.2. The van der Waals surface area contributed by atoms with Crippen molar-refractivity contribution >= 4 is 16.1 Å². The van der Waals surface area contributed by atoms with E-state index in [1.54, 1.807) is 21.3 Å². The summed E-state index contributed by atoms with van der Waals surface area (Å²) in [6, 6.07) is 7.07. The lowest BCUT2D eigenvalue weighted by Gasteiger charge is -2.60. The first kappa shape index (κ1) is 18.7. The Morgan fingerprint density at radius 2 is 1.67 bits per heavy atom. The van der Waals surface area contributed by atoms with Crippen LogP contribution in [0.3, 0.4) is 0 Å². The number of hydrogen-bond donors (Lipinski definition) is 0. The van der Waals surface area contributed by atoms with Gasteiger partial charge >= 0.3 is 6.09 Å². The van der Waals surface area contributed by atoms with Crippen molar-refractivity contribution in [2.24, 2.45) is 0 Å². The van der Waals surface area contributed by atoms with Crippen molar-refractivity contribution < 1.29 is 17.9 Å². The highest BCUT2D eigenvalue weighted by Crippen LogP contribution is 2.67. The molecule has 7 heteroatoms. The molecule has 1 aromatic carbocycles. The molecule has 148 valence electrons. The van der Waals surface area contributed by atoms with Gasteiger partial charge in [0.05, 0.1) is 22.5 Å². The fourth-order valence-electron chi connectivity index (χ4n) is 4.36. The van der Waals surface area contributed by atoms with Crippen molar-refractivity contribution in [3.63, 3.8) is 0 Å². The Morgan fingerprint density at radius 1 is 1.07 bits per heavy atom. The van der Waals surface area contributed by atoms with E-state index >= 15 is 0 Å². The Hall–Kier alpha value is -1.60. The number of piperazine rings is 1. The van der Waals surface area contributed by atoms with Gasteiger partial charge < -0.3 is 4.74 Å². The van der Waals surface area contributed by atoms with Gasteiger partial charge in [-0.25, -0.2) is 13.2 Å². The zero-order chi connectivity index (χ0) is 20.0. The molecule has 3 aliphatic rings.